The highest BCUT2D eigenvalue weighted by Crippen LogP contribution is 2.29. The van der Waals surface area contributed by atoms with Gasteiger partial charge in [-0.15, -0.1) is 0 Å². The first-order valence-electron chi connectivity index (χ1n) is 16.0. The quantitative estimate of drug-likeness (QED) is 0.312. The van der Waals surface area contributed by atoms with Crippen LogP contribution in [0, 0.1) is 5.92 Å². The molecule has 11 nitrogen and oxygen atoms in total. The van der Waals surface area contributed by atoms with Crippen LogP contribution >= 0.6 is 0 Å². The van der Waals surface area contributed by atoms with E-state index in [4.69, 9.17) is 14.2 Å². The van der Waals surface area contributed by atoms with Crippen LogP contribution in [0.25, 0.3) is 16.8 Å². The van der Waals surface area contributed by atoms with Gasteiger partial charge < -0.3 is 34.7 Å². The number of hydrogen-bond donors (Lipinski definition) is 3. The third-order valence-electron chi connectivity index (χ3n) is 8.45. The highest BCUT2D eigenvalue weighted by atomic mass is 16.6. The zero-order chi connectivity index (χ0) is 32.6. The number of pyridine rings is 1. The Morgan fingerprint density at radius 2 is 1.84 bits per heavy atom. The first-order valence-corrected chi connectivity index (χ1v) is 16.0. The van der Waals surface area contributed by atoms with Gasteiger partial charge in [-0.3, -0.25) is 14.4 Å². The van der Waals surface area contributed by atoms with Gasteiger partial charge in [0, 0.05) is 29.7 Å². The monoisotopic (exact) mass is 624 g/mol. The Labute approximate surface area is 265 Å². The minimum absolute atomic E-state index is 0.0400. The van der Waals surface area contributed by atoms with Crippen molar-refractivity contribution >= 4 is 34.8 Å². The molecule has 1 aliphatic heterocycles. The van der Waals surface area contributed by atoms with E-state index in [9.17, 15) is 19.2 Å². The lowest BCUT2D eigenvalue weighted by molar-refractivity contribution is -0.139. The van der Waals surface area contributed by atoms with E-state index in [1.165, 1.54) is 0 Å². The van der Waals surface area contributed by atoms with Gasteiger partial charge in [0.2, 0.25) is 11.8 Å². The summed E-state index contributed by atoms with van der Waals surface area (Å²) in [6, 6.07) is 3.72. The number of H-pyrrole nitrogens is 1. The lowest BCUT2D eigenvalue weighted by Gasteiger charge is -2.35. The molecule has 0 bridgehead atoms. The van der Waals surface area contributed by atoms with Crippen LogP contribution in [0.5, 0.6) is 5.75 Å². The number of aromatic amines is 1. The van der Waals surface area contributed by atoms with Crippen LogP contribution in [0.2, 0.25) is 0 Å². The summed E-state index contributed by atoms with van der Waals surface area (Å²) in [4.78, 5) is 57.0. The van der Waals surface area contributed by atoms with Gasteiger partial charge in [0.15, 0.2) is 0 Å². The second-order valence-corrected chi connectivity index (χ2v) is 13.0. The lowest BCUT2D eigenvalue weighted by atomic mass is 9.83. The molecule has 1 aromatic heterocycles. The molecule has 2 fully saturated rings. The number of alkyl carbamates (subject to hydrolysis) is 1. The van der Waals surface area contributed by atoms with Crippen molar-refractivity contribution in [2.75, 3.05) is 26.9 Å². The molecule has 1 aromatic carbocycles. The highest BCUT2D eigenvalue weighted by molar-refractivity contribution is 5.92. The minimum Gasteiger partial charge on any atom is -0.496 e. The number of nitrogens with zero attached hydrogens (tertiary/aromatic N) is 1. The average molecular weight is 625 g/mol. The van der Waals surface area contributed by atoms with Crippen LogP contribution in [0.4, 0.5) is 4.79 Å². The van der Waals surface area contributed by atoms with Crippen LogP contribution < -0.4 is 20.9 Å². The molecule has 2 unspecified atom stereocenters. The standard InChI is InChI=1S/C34H48N4O7/c1-22-11-9-17-38(22)32(41)29(23-12-7-6-8-13-23)37-31(40)27(36-33(42)45-34(2,3)4)21-44-18-10-14-25-19-26-24(20-28(25)43-5)15-16-35-30(26)39/h10,14-16,19-20,22-23,27,29H,6-9,11-13,17-18,21H2,1-5H3,(H,35,39)(H,36,42)(H,37,40)/b14-10+/t22?,27?,29-/m0/s1. The van der Waals surface area contributed by atoms with Crippen molar-refractivity contribution in [1.82, 2.24) is 20.5 Å². The number of amides is 3. The van der Waals surface area contributed by atoms with E-state index in [-0.39, 0.29) is 36.6 Å². The van der Waals surface area contributed by atoms with Gasteiger partial charge >= 0.3 is 6.09 Å². The minimum atomic E-state index is -1.09. The molecule has 0 spiro atoms. The first kappa shape index (κ1) is 34.0. The van der Waals surface area contributed by atoms with Crippen molar-refractivity contribution in [3.63, 3.8) is 0 Å². The number of fused-ring (bicyclic) bond motifs is 1. The molecule has 1 saturated heterocycles. The lowest BCUT2D eigenvalue weighted by Crippen LogP contribution is -2.58. The van der Waals surface area contributed by atoms with Crippen LogP contribution in [-0.4, -0.2) is 78.4 Å². The predicted molar refractivity (Wildman–Crippen MR) is 173 cm³/mol. The normalized spacial score (nSPS) is 19.0. The molecule has 246 valence electrons. The number of aromatic nitrogens is 1. The Kier molecular flexibility index (Phi) is 11.7. The van der Waals surface area contributed by atoms with Crippen molar-refractivity contribution in [3.05, 3.63) is 46.4 Å². The molecule has 4 rings (SSSR count). The number of benzene rings is 1. The number of likely N-dealkylation sites (tertiary alicyclic amines) is 1. The molecule has 1 aliphatic carbocycles. The molecule has 0 radical (unpaired) electrons. The number of nitrogens with one attached hydrogen (secondary N) is 3. The van der Waals surface area contributed by atoms with E-state index in [1.54, 1.807) is 64.4 Å². The Hall–Kier alpha value is -3.86. The Morgan fingerprint density at radius 3 is 2.51 bits per heavy atom. The molecule has 2 aromatic rings. The Bertz CT molecular complexity index is 1420. The van der Waals surface area contributed by atoms with Crippen LogP contribution in [0.3, 0.4) is 0 Å². The average Bonchev–Trinajstić information content (AvgIpc) is 3.43. The summed E-state index contributed by atoms with van der Waals surface area (Å²) >= 11 is 0. The topological polar surface area (TPSA) is 139 Å². The summed E-state index contributed by atoms with van der Waals surface area (Å²) in [6.07, 6.45) is 11.2. The number of hydrogen-bond acceptors (Lipinski definition) is 7. The molecular weight excluding hydrogens is 576 g/mol. The van der Waals surface area contributed by atoms with E-state index >= 15 is 0 Å². The van der Waals surface area contributed by atoms with Gasteiger partial charge in [0.05, 0.1) is 20.3 Å². The first-order chi connectivity index (χ1) is 21.5. The van der Waals surface area contributed by atoms with E-state index < -0.39 is 29.7 Å². The summed E-state index contributed by atoms with van der Waals surface area (Å²) in [5.41, 5.74) is -0.272. The van der Waals surface area contributed by atoms with Crippen LogP contribution in [0.15, 0.2) is 35.3 Å². The van der Waals surface area contributed by atoms with E-state index in [0.29, 0.717) is 23.2 Å². The van der Waals surface area contributed by atoms with Gasteiger partial charge in [-0.2, -0.15) is 0 Å². The van der Waals surface area contributed by atoms with Gasteiger partial charge in [-0.05, 0) is 82.9 Å². The number of methoxy groups -OCH3 is 1. The zero-order valence-electron chi connectivity index (χ0n) is 27.1. The maximum atomic E-state index is 13.7. The molecule has 45 heavy (non-hydrogen) atoms. The second-order valence-electron chi connectivity index (χ2n) is 13.0. The molecule has 3 N–H and O–H groups in total. The van der Waals surface area contributed by atoms with Crippen molar-refractivity contribution in [3.8, 4) is 5.75 Å². The molecule has 1 saturated carbocycles. The second kappa shape index (κ2) is 15.4. The largest absolute Gasteiger partial charge is 0.496 e. The fourth-order valence-corrected chi connectivity index (χ4v) is 6.14. The number of rotatable bonds is 11. The summed E-state index contributed by atoms with van der Waals surface area (Å²) < 4.78 is 16.8. The van der Waals surface area contributed by atoms with Gasteiger partial charge in [0.1, 0.15) is 23.4 Å². The van der Waals surface area contributed by atoms with E-state index in [2.05, 4.69) is 15.6 Å². The Morgan fingerprint density at radius 1 is 1.09 bits per heavy atom. The van der Waals surface area contributed by atoms with E-state index in [0.717, 1.165) is 50.3 Å². The van der Waals surface area contributed by atoms with Gasteiger partial charge in [-0.1, -0.05) is 31.4 Å². The molecule has 3 atom stereocenters. The molecule has 2 heterocycles. The van der Waals surface area contributed by atoms with Crippen molar-refractivity contribution in [2.24, 2.45) is 5.92 Å². The van der Waals surface area contributed by atoms with Crippen LogP contribution in [0.1, 0.15) is 78.2 Å². The van der Waals surface area contributed by atoms with Crippen molar-refractivity contribution in [2.45, 2.75) is 96.4 Å². The summed E-state index contributed by atoms with van der Waals surface area (Å²) in [5, 5.41) is 6.95. The molecule has 2 aliphatic rings. The third-order valence-corrected chi connectivity index (χ3v) is 8.45. The van der Waals surface area contributed by atoms with Gasteiger partial charge in [-0.25, -0.2) is 4.79 Å². The molecular formula is C34H48N4O7. The maximum Gasteiger partial charge on any atom is 0.408 e. The number of carbonyl (C=O) groups is 3. The maximum absolute atomic E-state index is 13.7. The fraction of sp³-hybridized carbons (Fsp3) is 0.588. The SMILES string of the molecule is COc1cc2cc[nH]c(=O)c2cc1/C=C/COCC(NC(=O)OC(C)(C)C)C(=O)N[C@H](C(=O)N1CCCC1C)C1CCCCC1. The summed E-state index contributed by atoms with van der Waals surface area (Å²) in [5.74, 6) is 0.0939. The highest BCUT2D eigenvalue weighted by Gasteiger charge is 2.38. The van der Waals surface area contributed by atoms with Crippen molar-refractivity contribution < 1.29 is 28.6 Å². The predicted octanol–water partition coefficient (Wildman–Crippen LogP) is 4.54. The molecule has 11 heteroatoms. The zero-order valence-corrected chi connectivity index (χ0v) is 27.1. The van der Waals surface area contributed by atoms with Crippen LogP contribution in [-0.2, 0) is 19.1 Å². The third kappa shape index (κ3) is 9.32. The van der Waals surface area contributed by atoms with E-state index in [1.807, 2.05) is 11.8 Å². The Balaban J connectivity index is 1.46. The molecule has 3 amide bonds. The smallest absolute Gasteiger partial charge is 0.408 e. The van der Waals surface area contributed by atoms with Crippen molar-refractivity contribution in [1.29, 1.82) is 0 Å². The van der Waals surface area contributed by atoms with Gasteiger partial charge in [0.25, 0.3) is 5.56 Å². The summed E-state index contributed by atoms with van der Waals surface area (Å²) in [7, 11) is 1.56. The summed E-state index contributed by atoms with van der Waals surface area (Å²) in [6.45, 7) is 7.93. The number of carbonyl (C=O) groups excluding carboxylic acids is 3. The number of ether oxygens (including phenoxy) is 3. The fourth-order valence-electron chi connectivity index (χ4n) is 6.14.